The molecule has 2 aromatic carbocycles. The number of ether oxygens (including phenoxy) is 7. The molecule has 2 fully saturated rings. The van der Waals surface area contributed by atoms with Crippen LogP contribution < -0.4 is 18.9 Å². The summed E-state index contributed by atoms with van der Waals surface area (Å²) in [5, 5.41) is 1.18. The minimum atomic E-state index is -0.670. The van der Waals surface area contributed by atoms with Gasteiger partial charge in [0.15, 0.2) is 11.5 Å². The molecule has 0 unspecified atom stereocenters. The van der Waals surface area contributed by atoms with Crippen LogP contribution in [0.3, 0.4) is 0 Å². The van der Waals surface area contributed by atoms with Crippen LogP contribution in [0.4, 0.5) is 0 Å². The van der Waals surface area contributed by atoms with Crippen LogP contribution in [-0.4, -0.2) is 89.8 Å². The van der Waals surface area contributed by atoms with Gasteiger partial charge in [-0.3, -0.25) is 9.69 Å². The Labute approximate surface area is 256 Å². The molecule has 6 atom stereocenters. The lowest BCUT2D eigenvalue weighted by atomic mass is 9.63. The van der Waals surface area contributed by atoms with Crippen molar-refractivity contribution in [3.05, 3.63) is 47.2 Å². The Bertz CT molecular complexity index is 1530. The number of methoxy groups -OCH3 is 6. The first-order valence-electron chi connectivity index (χ1n) is 14.9. The van der Waals surface area contributed by atoms with Crippen molar-refractivity contribution in [2.45, 2.75) is 37.5 Å². The number of esters is 2. The summed E-state index contributed by atoms with van der Waals surface area (Å²) < 4.78 is 39.1. The van der Waals surface area contributed by atoms with E-state index in [4.69, 9.17) is 33.2 Å². The summed E-state index contributed by atoms with van der Waals surface area (Å²) in [5.74, 6) is 0.463. The molecule has 236 valence electrons. The number of benzene rings is 2. The predicted molar refractivity (Wildman–Crippen MR) is 161 cm³/mol. The van der Waals surface area contributed by atoms with Crippen LogP contribution in [0.2, 0.25) is 0 Å². The summed E-state index contributed by atoms with van der Waals surface area (Å²) in [6.45, 7) is 1.67. The Morgan fingerprint density at radius 3 is 2.30 bits per heavy atom. The average Bonchev–Trinajstić information content (AvgIpc) is 3.43. The fourth-order valence-corrected chi connectivity index (χ4v) is 7.75. The number of nitrogens with zero attached hydrogens (tertiary/aromatic N) is 1. The van der Waals surface area contributed by atoms with E-state index in [9.17, 15) is 9.59 Å². The fourth-order valence-electron chi connectivity index (χ4n) is 7.75. The lowest BCUT2D eigenvalue weighted by molar-refractivity contribution is -0.176. The molecule has 1 saturated carbocycles. The Morgan fingerprint density at radius 2 is 1.66 bits per heavy atom. The molecule has 6 rings (SSSR count). The van der Waals surface area contributed by atoms with Gasteiger partial charge in [-0.05, 0) is 67.0 Å². The lowest BCUT2D eigenvalue weighted by Gasteiger charge is -2.52. The van der Waals surface area contributed by atoms with Gasteiger partial charge >= 0.3 is 11.9 Å². The second kappa shape index (κ2) is 12.2. The standard InChI is InChI=1S/C33H40N2O9/c1-38-19-7-8-23-22(14-19)20-9-10-35-16-18-13-27(44-32(36)17-11-25(39-2)30(41-4)26(12-17)40-3)31(42-5)28(33(37)43-6)21(18)15-24(35)29(20)34-23/h7-8,11-12,14,18,21,24,27-28,31,34H,9-10,13,15-16H2,1-6H3/t18-,21+,24-,27-,28+,31+/m1/s1. The van der Waals surface area contributed by atoms with Crippen LogP contribution in [0.25, 0.3) is 10.9 Å². The highest BCUT2D eigenvalue weighted by Crippen LogP contribution is 2.51. The number of hydrogen-bond acceptors (Lipinski definition) is 10. The minimum absolute atomic E-state index is 0.0170. The number of piperidine rings is 1. The van der Waals surface area contributed by atoms with Crippen LogP contribution in [0.1, 0.15) is 40.5 Å². The summed E-state index contributed by atoms with van der Waals surface area (Å²) in [7, 11) is 9.11. The Hall–Kier alpha value is -3.96. The third-order valence-corrected chi connectivity index (χ3v) is 9.76. The molecule has 1 saturated heterocycles. The summed E-state index contributed by atoms with van der Waals surface area (Å²) in [5.41, 5.74) is 3.84. The third-order valence-electron chi connectivity index (χ3n) is 9.76. The number of aromatic nitrogens is 1. The van der Waals surface area contributed by atoms with Crippen molar-refractivity contribution in [3.8, 4) is 23.0 Å². The van der Waals surface area contributed by atoms with E-state index in [1.807, 2.05) is 6.07 Å². The Kier molecular flexibility index (Phi) is 8.34. The molecule has 11 heteroatoms. The quantitative estimate of drug-likeness (QED) is 0.374. The summed E-state index contributed by atoms with van der Waals surface area (Å²) >= 11 is 0. The number of fused-ring (bicyclic) bond motifs is 6. The van der Waals surface area contributed by atoms with Gasteiger partial charge in [-0.2, -0.15) is 0 Å². The zero-order valence-electron chi connectivity index (χ0n) is 26.0. The number of H-pyrrole nitrogens is 1. The van der Waals surface area contributed by atoms with Crippen molar-refractivity contribution in [1.29, 1.82) is 0 Å². The molecule has 1 aromatic heterocycles. The molecule has 0 spiro atoms. The summed E-state index contributed by atoms with van der Waals surface area (Å²) in [4.78, 5) is 33.1. The van der Waals surface area contributed by atoms with Gasteiger partial charge in [-0.1, -0.05) is 0 Å². The van der Waals surface area contributed by atoms with E-state index in [0.717, 1.165) is 37.2 Å². The second-order valence-electron chi connectivity index (χ2n) is 11.7. The number of carbonyl (C=O) groups excluding carboxylic acids is 2. The first kappa shape index (κ1) is 30.1. The van der Waals surface area contributed by atoms with Crippen molar-refractivity contribution >= 4 is 22.8 Å². The van der Waals surface area contributed by atoms with Crippen LogP contribution in [0.5, 0.6) is 23.0 Å². The monoisotopic (exact) mass is 608 g/mol. The van der Waals surface area contributed by atoms with E-state index in [2.05, 4.69) is 22.0 Å². The van der Waals surface area contributed by atoms with E-state index in [1.54, 1.807) is 26.4 Å². The molecule has 3 aromatic rings. The Balaban J connectivity index is 1.29. The highest BCUT2D eigenvalue weighted by molar-refractivity contribution is 5.91. The number of rotatable bonds is 8. The molecule has 0 radical (unpaired) electrons. The van der Waals surface area contributed by atoms with Crippen LogP contribution in [0.15, 0.2) is 30.3 Å². The number of aromatic amines is 1. The molecule has 3 heterocycles. The van der Waals surface area contributed by atoms with E-state index in [-0.39, 0.29) is 29.4 Å². The molecular weight excluding hydrogens is 568 g/mol. The molecule has 3 aliphatic rings. The van der Waals surface area contributed by atoms with Crippen molar-refractivity contribution in [2.24, 2.45) is 17.8 Å². The topological polar surface area (TPSA) is 118 Å². The highest BCUT2D eigenvalue weighted by Gasteiger charge is 2.54. The maximum absolute atomic E-state index is 13.5. The average molecular weight is 609 g/mol. The number of carbonyl (C=O) groups is 2. The molecule has 2 aliphatic heterocycles. The van der Waals surface area contributed by atoms with E-state index < -0.39 is 24.1 Å². The van der Waals surface area contributed by atoms with Gasteiger partial charge in [-0.15, -0.1) is 0 Å². The molecule has 1 aliphatic carbocycles. The first-order valence-corrected chi connectivity index (χ1v) is 14.9. The molecule has 11 nitrogen and oxygen atoms in total. The molecule has 1 N–H and O–H groups in total. The van der Waals surface area contributed by atoms with Crippen LogP contribution >= 0.6 is 0 Å². The molecule has 0 amide bonds. The van der Waals surface area contributed by atoms with Crippen molar-refractivity contribution in [1.82, 2.24) is 9.88 Å². The van der Waals surface area contributed by atoms with E-state index >= 15 is 0 Å². The zero-order valence-corrected chi connectivity index (χ0v) is 26.0. The van der Waals surface area contributed by atoms with Crippen molar-refractivity contribution in [3.63, 3.8) is 0 Å². The molecular formula is C33H40N2O9. The van der Waals surface area contributed by atoms with Crippen LogP contribution in [-0.2, 0) is 25.4 Å². The van der Waals surface area contributed by atoms with E-state index in [0.29, 0.717) is 23.7 Å². The lowest BCUT2D eigenvalue weighted by Crippen LogP contribution is -2.58. The third kappa shape index (κ3) is 5.01. The van der Waals surface area contributed by atoms with E-state index in [1.165, 1.54) is 45.1 Å². The van der Waals surface area contributed by atoms with Gasteiger partial charge in [-0.25, -0.2) is 4.79 Å². The summed E-state index contributed by atoms with van der Waals surface area (Å²) in [6.07, 6.45) is 0.907. The number of nitrogens with one attached hydrogen (secondary N) is 1. The molecule has 44 heavy (non-hydrogen) atoms. The maximum Gasteiger partial charge on any atom is 0.338 e. The van der Waals surface area contributed by atoms with Gasteiger partial charge in [0.2, 0.25) is 5.75 Å². The largest absolute Gasteiger partial charge is 0.497 e. The SMILES string of the molecule is COC(=O)[C@H]1[C@H]2C[C@@H]3c4[nH]c5ccc(OC)cc5c4CCN3C[C@H]2C[C@@H](OC(=O)c2cc(OC)c(OC)c(OC)c2)[C@@H]1OC. The maximum atomic E-state index is 13.5. The predicted octanol–water partition coefficient (Wildman–Crippen LogP) is 4.17. The fraction of sp³-hybridized carbons (Fsp3) is 0.515. The first-order chi connectivity index (χ1) is 21.3. The van der Waals surface area contributed by atoms with Gasteiger partial charge < -0.3 is 38.1 Å². The normalized spacial score (nSPS) is 26.1. The van der Waals surface area contributed by atoms with Gasteiger partial charge in [0.05, 0.1) is 53.1 Å². The summed E-state index contributed by atoms with van der Waals surface area (Å²) in [6, 6.07) is 9.37. The highest BCUT2D eigenvalue weighted by atomic mass is 16.6. The molecule has 0 bridgehead atoms. The van der Waals surface area contributed by atoms with Crippen molar-refractivity contribution in [2.75, 3.05) is 55.7 Å². The second-order valence-corrected chi connectivity index (χ2v) is 11.7. The van der Waals surface area contributed by atoms with Crippen molar-refractivity contribution < 1.29 is 42.7 Å². The Morgan fingerprint density at radius 1 is 0.909 bits per heavy atom. The van der Waals surface area contributed by atoms with Gasteiger partial charge in [0, 0.05) is 36.8 Å². The van der Waals surface area contributed by atoms with Gasteiger partial charge in [0.25, 0.3) is 0 Å². The number of hydrogen-bond donors (Lipinski definition) is 1. The zero-order chi connectivity index (χ0) is 31.1. The smallest absolute Gasteiger partial charge is 0.338 e. The van der Waals surface area contributed by atoms with Crippen LogP contribution in [0, 0.1) is 17.8 Å². The van der Waals surface area contributed by atoms with Gasteiger partial charge in [0.1, 0.15) is 18.0 Å². The minimum Gasteiger partial charge on any atom is -0.497 e.